The Morgan fingerprint density at radius 1 is 1.44 bits per heavy atom. The van der Waals surface area contributed by atoms with E-state index in [-0.39, 0.29) is 5.82 Å². The molecule has 0 aliphatic rings. The smallest absolute Gasteiger partial charge is 0.137 e. The van der Waals surface area contributed by atoms with Crippen LogP contribution < -0.4 is 10.5 Å². The van der Waals surface area contributed by atoms with Crippen LogP contribution in [0.2, 0.25) is 0 Å². The monoisotopic (exact) mass is 266 g/mol. The summed E-state index contributed by atoms with van der Waals surface area (Å²) in [6, 6.07) is 4.78. The number of aryl methyl sites for hydroxylation is 1. The van der Waals surface area contributed by atoms with E-state index in [9.17, 15) is 4.39 Å². The Kier molecular flexibility index (Phi) is 3.93. The van der Waals surface area contributed by atoms with Crippen LogP contribution in [0, 0.1) is 5.82 Å². The largest absolute Gasteiger partial charge is 0.497 e. The first-order valence-electron chi connectivity index (χ1n) is 5.72. The molecular weight excluding hydrogens is 251 g/mol. The molecule has 1 heterocycles. The quantitative estimate of drug-likeness (QED) is 0.925. The number of halogens is 1. The van der Waals surface area contributed by atoms with E-state index in [0.717, 1.165) is 17.0 Å². The van der Waals surface area contributed by atoms with Crippen LogP contribution in [0.25, 0.3) is 10.6 Å². The lowest BCUT2D eigenvalue weighted by atomic mass is 10.2. The normalized spacial score (nSPS) is 10.7. The molecule has 1 aromatic heterocycles. The number of aromatic nitrogens is 1. The highest BCUT2D eigenvalue weighted by Gasteiger charge is 2.14. The predicted molar refractivity (Wildman–Crippen MR) is 71.3 cm³/mol. The number of hydrogen-bond acceptors (Lipinski definition) is 4. The maximum Gasteiger partial charge on any atom is 0.137 e. The van der Waals surface area contributed by atoms with Crippen molar-refractivity contribution in [1.82, 2.24) is 4.98 Å². The fraction of sp³-hybridized carbons (Fsp3) is 0.308. The summed E-state index contributed by atoms with van der Waals surface area (Å²) in [6.45, 7) is 2.46. The Morgan fingerprint density at radius 3 is 2.72 bits per heavy atom. The van der Waals surface area contributed by atoms with E-state index >= 15 is 0 Å². The Bertz CT molecular complexity index is 532. The third-order valence-corrected chi connectivity index (χ3v) is 3.86. The molecule has 0 spiro atoms. The van der Waals surface area contributed by atoms with E-state index in [1.165, 1.54) is 24.5 Å². The summed E-state index contributed by atoms with van der Waals surface area (Å²) < 4.78 is 18.9. The van der Waals surface area contributed by atoms with Crippen molar-refractivity contribution in [1.29, 1.82) is 0 Å². The van der Waals surface area contributed by atoms with Gasteiger partial charge in [0.1, 0.15) is 16.6 Å². The SMILES string of the molecule is CCc1nc(-c2ccc(OC)cc2F)sc1CN. The van der Waals surface area contributed by atoms with Crippen molar-refractivity contribution < 1.29 is 9.13 Å². The summed E-state index contributed by atoms with van der Waals surface area (Å²) in [7, 11) is 1.51. The minimum absolute atomic E-state index is 0.325. The van der Waals surface area contributed by atoms with E-state index < -0.39 is 0 Å². The molecule has 0 saturated carbocycles. The predicted octanol–water partition coefficient (Wildman–Crippen LogP) is 2.98. The van der Waals surface area contributed by atoms with Gasteiger partial charge in [-0.1, -0.05) is 6.92 Å². The van der Waals surface area contributed by atoms with Crippen LogP contribution in [-0.2, 0) is 13.0 Å². The molecule has 1 aromatic carbocycles. The van der Waals surface area contributed by atoms with Gasteiger partial charge in [-0.2, -0.15) is 0 Å². The van der Waals surface area contributed by atoms with Crippen molar-refractivity contribution in [3.05, 3.63) is 34.6 Å². The Labute approximate surface area is 109 Å². The number of benzene rings is 1. The van der Waals surface area contributed by atoms with E-state index in [1.807, 2.05) is 6.92 Å². The molecule has 2 N–H and O–H groups in total. The Morgan fingerprint density at radius 2 is 2.22 bits per heavy atom. The summed E-state index contributed by atoms with van der Waals surface area (Å²) in [4.78, 5) is 5.46. The standard InChI is InChI=1S/C13H15FN2OS/c1-3-11-12(7-15)18-13(16-11)9-5-4-8(17-2)6-10(9)14/h4-6H,3,7,15H2,1-2H3. The zero-order chi connectivity index (χ0) is 13.1. The number of hydrogen-bond donors (Lipinski definition) is 1. The number of ether oxygens (including phenoxy) is 1. The molecule has 0 saturated heterocycles. The average Bonchev–Trinajstić information content (AvgIpc) is 2.81. The number of rotatable bonds is 4. The molecule has 0 atom stereocenters. The average molecular weight is 266 g/mol. The third kappa shape index (κ3) is 2.37. The number of methoxy groups -OCH3 is 1. The molecule has 0 bridgehead atoms. The van der Waals surface area contributed by atoms with Crippen molar-refractivity contribution in [2.75, 3.05) is 7.11 Å². The lowest BCUT2D eigenvalue weighted by Gasteiger charge is -2.02. The van der Waals surface area contributed by atoms with Gasteiger partial charge in [-0.05, 0) is 18.6 Å². The highest BCUT2D eigenvalue weighted by atomic mass is 32.1. The maximum atomic E-state index is 13.9. The first-order chi connectivity index (χ1) is 8.69. The summed E-state index contributed by atoms with van der Waals surface area (Å²) >= 11 is 1.45. The number of nitrogens with two attached hydrogens (primary N) is 1. The second-order valence-corrected chi connectivity index (χ2v) is 4.88. The molecular formula is C13H15FN2OS. The van der Waals surface area contributed by atoms with E-state index in [4.69, 9.17) is 10.5 Å². The van der Waals surface area contributed by atoms with Gasteiger partial charge in [-0.15, -0.1) is 11.3 Å². The molecule has 96 valence electrons. The summed E-state index contributed by atoms with van der Waals surface area (Å²) in [5.41, 5.74) is 7.11. The summed E-state index contributed by atoms with van der Waals surface area (Å²) in [5.74, 6) is 0.178. The van der Waals surface area contributed by atoms with Crippen LogP contribution in [0.1, 0.15) is 17.5 Å². The van der Waals surface area contributed by atoms with Gasteiger partial charge in [0.05, 0.1) is 12.8 Å². The lowest BCUT2D eigenvalue weighted by Crippen LogP contribution is -1.96. The second-order valence-electron chi connectivity index (χ2n) is 3.79. The van der Waals surface area contributed by atoms with Crippen LogP contribution >= 0.6 is 11.3 Å². The van der Waals surface area contributed by atoms with Crippen molar-refractivity contribution in [2.45, 2.75) is 19.9 Å². The van der Waals surface area contributed by atoms with Crippen LogP contribution in [0.15, 0.2) is 18.2 Å². The van der Waals surface area contributed by atoms with Gasteiger partial charge in [0.15, 0.2) is 0 Å². The highest BCUT2D eigenvalue weighted by molar-refractivity contribution is 7.15. The minimum Gasteiger partial charge on any atom is -0.497 e. The molecule has 0 fully saturated rings. The molecule has 18 heavy (non-hydrogen) atoms. The van der Waals surface area contributed by atoms with Gasteiger partial charge in [-0.25, -0.2) is 9.37 Å². The zero-order valence-corrected chi connectivity index (χ0v) is 11.2. The van der Waals surface area contributed by atoms with Crippen molar-refractivity contribution in [3.63, 3.8) is 0 Å². The maximum absolute atomic E-state index is 13.9. The lowest BCUT2D eigenvalue weighted by molar-refractivity contribution is 0.411. The molecule has 2 aromatic rings. The molecule has 2 rings (SSSR count). The fourth-order valence-electron chi connectivity index (χ4n) is 1.73. The molecule has 0 radical (unpaired) electrons. The molecule has 0 amide bonds. The minimum atomic E-state index is -0.325. The first-order valence-corrected chi connectivity index (χ1v) is 6.53. The van der Waals surface area contributed by atoms with Gasteiger partial charge >= 0.3 is 0 Å². The van der Waals surface area contributed by atoms with E-state index in [2.05, 4.69) is 4.98 Å². The Balaban J connectivity index is 2.45. The highest BCUT2D eigenvalue weighted by Crippen LogP contribution is 2.31. The molecule has 0 aliphatic carbocycles. The van der Waals surface area contributed by atoms with Gasteiger partial charge in [-0.3, -0.25) is 0 Å². The van der Waals surface area contributed by atoms with Gasteiger partial charge in [0.2, 0.25) is 0 Å². The third-order valence-electron chi connectivity index (χ3n) is 2.71. The van der Waals surface area contributed by atoms with Gasteiger partial charge in [0.25, 0.3) is 0 Å². The second kappa shape index (κ2) is 5.46. The molecule has 3 nitrogen and oxygen atoms in total. The van der Waals surface area contributed by atoms with E-state index in [0.29, 0.717) is 22.9 Å². The van der Waals surface area contributed by atoms with Gasteiger partial charge in [0, 0.05) is 23.1 Å². The van der Waals surface area contributed by atoms with Gasteiger partial charge < -0.3 is 10.5 Å². The zero-order valence-electron chi connectivity index (χ0n) is 10.4. The number of nitrogens with zero attached hydrogens (tertiary/aromatic N) is 1. The fourth-order valence-corrected chi connectivity index (χ4v) is 2.79. The van der Waals surface area contributed by atoms with Crippen LogP contribution in [0.5, 0.6) is 5.75 Å². The first kappa shape index (κ1) is 13.0. The van der Waals surface area contributed by atoms with Crippen LogP contribution in [0.4, 0.5) is 4.39 Å². The number of thiazole rings is 1. The Hall–Kier alpha value is -1.46. The van der Waals surface area contributed by atoms with Crippen molar-refractivity contribution in [3.8, 4) is 16.3 Å². The van der Waals surface area contributed by atoms with Crippen LogP contribution in [0.3, 0.4) is 0 Å². The molecule has 0 aliphatic heterocycles. The van der Waals surface area contributed by atoms with E-state index in [1.54, 1.807) is 12.1 Å². The van der Waals surface area contributed by atoms with Crippen molar-refractivity contribution >= 4 is 11.3 Å². The molecule has 0 unspecified atom stereocenters. The van der Waals surface area contributed by atoms with Crippen molar-refractivity contribution in [2.24, 2.45) is 5.73 Å². The topological polar surface area (TPSA) is 48.1 Å². The summed E-state index contributed by atoms with van der Waals surface area (Å²) in [5, 5.41) is 0.674. The summed E-state index contributed by atoms with van der Waals surface area (Å²) in [6.07, 6.45) is 0.806. The van der Waals surface area contributed by atoms with Crippen LogP contribution in [-0.4, -0.2) is 12.1 Å². The molecule has 5 heteroatoms.